The van der Waals surface area contributed by atoms with Gasteiger partial charge in [0.2, 0.25) is 0 Å². The number of H-pyrrole nitrogens is 1. The van der Waals surface area contributed by atoms with E-state index in [0.29, 0.717) is 5.75 Å². The van der Waals surface area contributed by atoms with Gasteiger partial charge in [0.05, 0.1) is 11.0 Å². The molecule has 1 heterocycles. The maximum Gasteiger partial charge on any atom is 0.573 e. The molecule has 23 heavy (non-hydrogen) atoms. The van der Waals surface area contributed by atoms with Crippen molar-refractivity contribution in [3.05, 3.63) is 47.5 Å². The number of aromatic amines is 1. The highest BCUT2D eigenvalue weighted by Crippen LogP contribution is 2.27. The number of alkyl halides is 3. The SMILES string of the molecule is Cc1cc2nc(Oc3ccc(OC(F)(F)F)cc3)[nH]c2cc1C. The minimum Gasteiger partial charge on any atom is -0.426 e. The number of rotatable bonds is 3. The molecule has 3 aromatic rings. The van der Waals surface area contributed by atoms with E-state index in [1.165, 1.54) is 24.3 Å². The Kier molecular flexibility index (Phi) is 3.63. The fourth-order valence-electron chi connectivity index (χ4n) is 2.12. The Hall–Kier alpha value is -2.70. The van der Waals surface area contributed by atoms with Crippen molar-refractivity contribution in [2.24, 2.45) is 0 Å². The normalized spacial score (nSPS) is 11.7. The van der Waals surface area contributed by atoms with Gasteiger partial charge in [-0.15, -0.1) is 13.2 Å². The van der Waals surface area contributed by atoms with Gasteiger partial charge in [-0.25, -0.2) is 0 Å². The molecular weight excluding hydrogens is 309 g/mol. The number of aromatic nitrogens is 2. The minimum atomic E-state index is -4.71. The first-order chi connectivity index (χ1) is 10.8. The number of hydrogen-bond donors (Lipinski definition) is 1. The van der Waals surface area contributed by atoms with Crippen LogP contribution in [0.1, 0.15) is 11.1 Å². The summed E-state index contributed by atoms with van der Waals surface area (Å²) in [4.78, 5) is 7.32. The number of hydrogen-bond acceptors (Lipinski definition) is 3. The standard InChI is InChI=1S/C16H13F3N2O2/c1-9-7-13-14(8-10(9)2)21-15(20-13)22-11-3-5-12(6-4-11)23-16(17,18)19/h3-8H,1-2H3,(H,20,21). The van der Waals surface area contributed by atoms with Gasteiger partial charge in [-0.3, -0.25) is 0 Å². The van der Waals surface area contributed by atoms with Crippen LogP contribution in [0.3, 0.4) is 0 Å². The summed E-state index contributed by atoms with van der Waals surface area (Å²) in [5.74, 6) is 0.0488. The van der Waals surface area contributed by atoms with E-state index in [2.05, 4.69) is 14.7 Å². The maximum absolute atomic E-state index is 12.1. The van der Waals surface area contributed by atoms with E-state index < -0.39 is 6.36 Å². The van der Waals surface area contributed by atoms with Gasteiger partial charge in [0, 0.05) is 0 Å². The van der Waals surface area contributed by atoms with Crippen molar-refractivity contribution in [1.29, 1.82) is 0 Å². The summed E-state index contributed by atoms with van der Waals surface area (Å²) < 4.78 is 45.6. The van der Waals surface area contributed by atoms with Crippen molar-refractivity contribution < 1.29 is 22.6 Å². The van der Waals surface area contributed by atoms with Gasteiger partial charge >= 0.3 is 6.36 Å². The zero-order chi connectivity index (χ0) is 16.6. The zero-order valence-corrected chi connectivity index (χ0v) is 12.4. The second-order valence-electron chi connectivity index (χ2n) is 5.12. The molecular formula is C16H13F3N2O2. The molecule has 0 spiro atoms. The van der Waals surface area contributed by atoms with E-state index in [1.54, 1.807) is 0 Å². The number of fused-ring (bicyclic) bond motifs is 1. The third kappa shape index (κ3) is 3.56. The molecule has 0 fully saturated rings. The summed E-state index contributed by atoms with van der Waals surface area (Å²) in [7, 11) is 0. The van der Waals surface area contributed by atoms with Crippen LogP contribution in [0, 0.1) is 13.8 Å². The largest absolute Gasteiger partial charge is 0.573 e. The first-order valence-electron chi connectivity index (χ1n) is 6.81. The molecule has 0 unspecified atom stereocenters. The number of imidazole rings is 1. The van der Waals surface area contributed by atoms with Gasteiger partial charge in [0.25, 0.3) is 6.01 Å². The van der Waals surface area contributed by atoms with E-state index in [-0.39, 0.29) is 11.8 Å². The Morgan fingerprint density at radius 3 is 2.22 bits per heavy atom. The first-order valence-corrected chi connectivity index (χ1v) is 6.81. The maximum atomic E-state index is 12.1. The molecule has 0 bridgehead atoms. The topological polar surface area (TPSA) is 47.1 Å². The van der Waals surface area contributed by atoms with Crippen LogP contribution in [-0.4, -0.2) is 16.3 Å². The number of halogens is 3. The molecule has 120 valence electrons. The minimum absolute atomic E-state index is 0.273. The van der Waals surface area contributed by atoms with Gasteiger partial charge in [0.15, 0.2) is 0 Å². The summed E-state index contributed by atoms with van der Waals surface area (Å²) in [6, 6.07) is 9.29. The molecule has 0 aliphatic heterocycles. The molecule has 7 heteroatoms. The lowest BCUT2D eigenvalue weighted by atomic mass is 10.1. The number of nitrogens with one attached hydrogen (secondary N) is 1. The Morgan fingerprint density at radius 1 is 0.957 bits per heavy atom. The molecule has 3 rings (SSSR count). The summed E-state index contributed by atoms with van der Waals surface area (Å²) in [6.45, 7) is 3.98. The third-order valence-corrected chi connectivity index (χ3v) is 3.35. The average molecular weight is 322 g/mol. The van der Waals surface area contributed by atoms with Gasteiger partial charge in [-0.1, -0.05) is 0 Å². The highest BCUT2D eigenvalue weighted by Gasteiger charge is 2.30. The van der Waals surface area contributed by atoms with Crippen LogP contribution in [0.4, 0.5) is 13.2 Å². The Bertz CT molecular complexity index is 800. The highest BCUT2D eigenvalue weighted by molar-refractivity contribution is 5.77. The van der Waals surface area contributed by atoms with Gasteiger partial charge in [-0.05, 0) is 61.4 Å². The molecule has 1 N–H and O–H groups in total. The van der Waals surface area contributed by atoms with Crippen molar-refractivity contribution in [2.75, 3.05) is 0 Å². The smallest absolute Gasteiger partial charge is 0.426 e. The van der Waals surface area contributed by atoms with Crippen LogP contribution in [0.5, 0.6) is 17.5 Å². The van der Waals surface area contributed by atoms with Crippen LogP contribution >= 0.6 is 0 Å². The summed E-state index contributed by atoms with van der Waals surface area (Å²) in [5.41, 5.74) is 3.84. The molecule has 0 aliphatic carbocycles. The third-order valence-electron chi connectivity index (χ3n) is 3.35. The molecule has 0 saturated heterocycles. The molecule has 1 aromatic heterocycles. The highest BCUT2D eigenvalue weighted by atomic mass is 19.4. The number of benzene rings is 2. The number of nitrogens with zero attached hydrogens (tertiary/aromatic N) is 1. The van der Waals surface area contributed by atoms with Gasteiger partial charge < -0.3 is 14.5 Å². The van der Waals surface area contributed by atoms with E-state index in [4.69, 9.17) is 4.74 Å². The summed E-state index contributed by atoms with van der Waals surface area (Å²) in [6.07, 6.45) is -4.71. The van der Waals surface area contributed by atoms with Gasteiger partial charge in [0.1, 0.15) is 11.5 Å². The Labute approximate surface area is 129 Å². The predicted molar refractivity (Wildman–Crippen MR) is 78.8 cm³/mol. The zero-order valence-electron chi connectivity index (χ0n) is 12.4. The van der Waals surface area contributed by atoms with E-state index >= 15 is 0 Å². The lowest BCUT2D eigenvalue weighted by Crippen LogP contribution is -2.16. The quantitative estimate of drug-likeness (QED) is 0.748. The molecule has 0 aliphatic rings. The van der Waals surface area contributed by atoms with Crippen molar-refractivity contribution in [3.63, 3.8) is 0 Å². The monoisotopic (exact) mass is 322 g/mol. The van der Waals surface area contributed by atoms with Crippen LogP contribution in [-0.2, 0) is 0 Å². The molecule has 0 amide bonds. The second-order valence-corrected chi connectivity index (χ2v) is 5.12. The lowest BCUT2D eigenvalue weighted by molar-refractivity contribution is -0.274. The first kappa shape index (κ1) is 15.2. The van der Waals surface area contributed by atoms with Crippen LogP contribution in [0.15, 0.2) is 36.4 Å². The number of aryl methyl sites for hydroxylation is 2. The van der Waals surface area contributed by atoms with Crippen LogP contribution in [0.25, 0.3) is 11.0 Å². The molecule has 0 radical (unpaired) electrons. The van der Waals surface area contributed by atoms with E-state index in [0.717, 1.165) is 22.2 Å². The summed E-state index contributed by atoms with van der Waals surface area (Å²) in [5, 5.41) is 0. The Balaban J connectivity index is 1.79. The molecule has 0 saturated carbocycles. The van der Waals surface area contributed by atoms with E-state index in [9.17, 15) is 13.2 Å². The van der Waals surface area contributed by atoms with Crippen molar-refractivity contribution in [3.8, 4) is 17.5 Å². The summed E-state index contributed by atoms with van der Waals surface area (Å²) >= 11 is 0. The van der Waals surface area contributed by atoms with E-state index in [1.807, 2.05) is 26.0 Å². The fourth-order valence-corrected chi connectivity index (χ4v) is 2.12. The fraction of sp³-hybridized carbons (Fsp3) is 0.188. The van der Waals surface area contributed by atoms with Crippen molar-refractivity contribution in [2.45, 2.75) is 20.2 Å². The van der Waals surface area contributed by atoms with Crippen LogP contribution < -0.4 is 9.47 Å². The van der Waals surface area contributed by atoms with Gasteiger partial charge in [-0.2, -0.15) is 4.98 Å². The predicted octanol–water partition coefficient (Wildman–Crippen LogP) is 4.87. The molecule has 2 aromatic carbocycles. The average Bonchev–Trinajstić information content (AvgIpc) is 2.81. The van der Waals surface area contributed by atoms with Crippen molar-refractivity contribution in [1.82, 2.24) is 9.97 Å². The number of ether oxygens (including phenoxy) is 2. The van der Waals surface area contributed by atoms with Crippen LogP contribution in [0.2, 0.25) is 0 Å². The molecule has 4 nitrogen and oxygen atoms in total. The van der Waals surface area contributed by atoms with Crippen molar-refractivity contribution >= 4 is 11.0 Å². The Morgan fingerprint density at radius 2 is 1.57 bits per heavy atom. The molecule has 0 atom stereocenters. The lowest BCUT2D eigenvalue weighted by Gasteiger charge is -2.09. The second kappa shape index (κ2) is 5.49.